The number of benzene rings is 1. The standard InChI is InChI=1S/C9H9NS/c1-2-11-9-5-3-8(7-10)4-6-9/h3-6H,2H2,1H3/p+1. The summed E-state index contributed by atoms with van der Waals surface area (Å²) < 4.78 is 0. The minimum absolute atomic E-state index is 0.736. The molecule has 0 aliphatic heterocycles. The minimum Gasteiger partial charge on any atom is -0.192 e. The van der Waals surface area contributed by atoms with Gasteiger partial charge in [-0.3, -0.25) is 0 Å². The van der Waals surface area contributed by atoms with Gasteiger partial charge in [0.15, 0.2) is 4.90 Å². The van der Waals surface area contributed by atoms with Crippen molar-refractivity contribution in [1.82, 2.24) is 0 Å². The molecule has 1 aromatic carbocycles. The zero-order chi connectivity index (χ0) is 8.10. The molecule has 0 aliphatic carbocycles. The van der Waals surface area contributed by atoms with E-state index in [-0.39, 0.29) is 0 Å². The highest BCUT2D eigenvalue weighted by Gasteiger charge is 1.98. The fraction of sp³-hybridized carbons (Fsp3) is 0.222. The summed E-state index contributed by atoms with van der Waals surface area (Å²) in [5.41, 5.74) is 0.736. The molecule has 0 saturated heterocycles. The van der Waals surface area contributed by atoms with Crippen LogP contribution in [0.1, 0.15) is 12.5 Å². The molecule has 1 nitrogen and oxygen atoms in total. The average molecular weight is 164 g/mol. The highest BCUT2D eigenvalue weighted by Crippen LogP contribution is 2.04. The maximum Gasteiger partial charge on any atom is 0.152 e. The lowest BCUT2D eigenvalue weighted by atomic mass is 10.2. The van der Waals surface area contributed by atoms with Crippen LogP contribution in [-0.4, -0.2) is 5.75 Å². The van der Waals surface area contributed by atoms with E-state index in [2.05, 4.69) is 13.0 Å². The smallest absolute Gasteiger partial charge is 0.152 e. The summed E-state index contributed by atoms with van der Waals surface area (Å²) >= 11 is 1.33. The predicted octanol–water partition coefficient (Wildman–Crippen LogP) is 1.75. The largest absolute Gasteiger partial charge is 0.192 e. The zero-order valence-corrected chi connectivity index (χ0v) is 7.31. The molecule has 0 aromatic heterocycles. The van der Waals surface area contributed by atoms with E-state index < -0.39 is 0 Å². The van der Waals surface area contributed by atoms with E-state index in [9.17, 15) is 0 Å². The van der Waals surface area contributed by atoms with Gasteiger partial charge in [0.05, 0.1) is 11.6 Å². The van der Waals surface area contributed by atoms with Crippen molar-refractivity contribution < 1.29 is 0 Å². The molecule has 1 aromatic rings. The van der Waals surface area contributed by atoms with E-state index in [1.807, 2.05) is 24.3 Å². The van der Waals surface area contributed by atoms with Gasteiger partial charge in [-0.25, -0.2) is 0 Å². The van der Waals surface area contributed by atoms with Crippen molar-refractivity contribution in [2.24, 2.45) is 0 Å². The Balaban J connectivity index is 2.76. The minimum atomic E-state index is 0.736. The Morgan fingerprint density at radius 1 is 1.36 bits per heavy atom. The number of nitrogens with zero attached hydrogens (tertiary/aromatic N) is 1. The third-order valence-electron chi connectivity index (χ3n) is 1.34. The molecule has 56 valence electrons. The van der Waals surface area contributed by atoms with Gasteiger partial charge in [-0.15, -0.1) is 0 Å². The maximum atomic E-state index is 8.51. The first-order chi connectivity index (χ1) is 5.36. The Morgan fingerprint density at radius 3 is 2.45 bits per heavy atom. The molecule has 0 atom stereocenters. The first-order valence-electron chi connectivity index (χ1n) is 3.54. The van der Waals surface area contributed by atoms with E-state index in [0.717, 1.165) is 11.3 Å². The van der Waals surface area contributed by atoms with Crippen LogP contribution in [-0.2, 0) is 11.8 Å². The summed E-state index contributed by atoms with van der Waals surface area (Å²) in [7, 11) is 0. The Kier molecular flexibility index (Phi) is 3.00. The Morgan fingerprint density at radius 2 is 2.00 bits per heavy atom. The summed E-state index contributed by atoms with van der Waals surface area (Å²) in [5, 5.41) is 8.51. The third kappa shape index (κ3) is 2.28. The number of hydrogen-bond acceptors (Lipinski definition) is 1. The topological polar surface area (TPSA) is 23.8 Å². The van der Waals surface area contributed by atoms with Gasteiger partial charge in [-0.1, -0.05) is 0 Å². The van der Waals surface area contributed by atoms with Gasteiger partial charge in [0, 0.05) is 11.8 Å². The molecule has 1 rings (SSSR count). The van der Waals surface area contributed by atoms with Gasteiger partial charge >= 0.3 is 0 Å². The Hall–Kier alpha value is -0.940. The summed E-state index contributed by atoms with van der Waals surface area (Å²) in [5.74, 6) is 1.13. The lowest BCUT2D eigenvalue weighted by molar-refractivity contribution is 1.39. The van der Waals surface area contributed by atoms with Gasteiger partial charge in [0.25, 0.3) is 0 Å². The van der Waals surface area contributed by atoms with E-state index in [1.165, 1.54) is 16.7 Å². The number of thiol groups is 1. The molecular weight excluding hydrogens is 154 g/mol. The molecule has 0 amide bonds. The Bertz CT molecular complexity index is 258. The summed E-state index contributed by atoms with van der Waals surface area (Å²) in [6.45, 7) is 2.14. The van der Waals surface area contributed by atoms with Crippen LogP contribution in [0.15, 0.2) is 29.2 Å². The SMILES string of the molecule is CC[SH+]c1ccc(C#N)cc1. The van der Waals surface area contributed by atoms with Crippen LogP contribution < -0.4 is 0 Å². The molecule has 0 N–H and O–H groups in total. The molecule has 2 heteroatoms. The summed E-state index contributed by atoms with van der Waals surface area (Å²) in [6.07, 6.45) is 0. The fourth-order valence-electron chi connectivity index (χ4n) is 0.824. The van der Waals surface area contributed by atoms with Crippen molar-refractivity contribution in [2.45, 2.75) is 11.8 Å². The number of nitriles is 1. The highest BCUT2D eigenvalue weighted by molar-refractivity contribution is 7.78. The quantitative estimate of drug-likeness (QED) is 0.482. The molecular formula is C9H10NS+. The van der Waals surface area contributed by atoms with Crippen LogP contribution in [0.5, 0.6) is 0 Å². The second-order valence-corrected chi connectivity index (χ2v) is 3.60. The molecule has 0 radical (unpaired) electrons. The van der Waals surface area contributed by atoms with Gasteiger partial charge in [-0.05, 0) is 31.2 Å². The van der Waals surface area contributed by atoms with Crippen molar-refractivity contribution in [3.63, 3.8) is 0 Å². The first kappa shape index (κ1) is 8.16. The van der Waals surface area contributed by atoms with Crippen molar-refractivity contribution in [3.05, 3.63) is 29.8 Å². The zero-order valence-electron chi connectivity index (χ0n) is 6.41. The van der Waals surface area contributed by atoms with Gasteiger partial charge in [-0.2, -0.15) is 5.26 Å². The first-order valence-corrected chi connectivity index (χ1v) is 4.62. The van der Waals surface area contributed by atoms with Crippen LogP contribution >= 0.6 is 0 Å². The lowest BCUT2D eigenvalue weighted by Crippen LogP contribution is -1.84. The van der Waals surface area contributed by atoms with E-state index in [0.29, 0.717) is 0 Å². The van der Waals surface area contributed by atoms with Gasteiger partial charge < -0.3 is 0 Å². The summed E-state index contributed by atoms with van der Waals surface area (Å²) in [4.78, 5) is 1.28. The second-order valence-electron chi connectivity index (χ2n) is 2.13. The van der Waals surface area contributed by atoms with Crippen LogP contribution in [0, 0.1) is 11.3 Å². The van der Waals surface area contributed by atoms with Crippen molar-refractivity contribution >= 4 is 11.8 Å². The molecule has 0 aliphatic rings. The van der Waals surface area contributed by atoms with Gasteiger partial charge in [0.2, 0.25) is 0 Å². The second kappa shape index (κ2) is 4.05. The number of rotatable bonds is 2. The molecule has 0 bridgehead atoms. The molecule has 0 fully saturated rings. The molecule has 11 heavy (non-hydrogen) atoms. The molecule has 0 heterocycles. The number of hydrogen-bond donors (Lipinski definition) is 0. The highest BCUT2D eigenvalue weighted by atomic mass is 32.2. The Labute approximate surface area is 71.0 Å². The van der Waals surface area contributed by atoms with Crippen molar-refractivity contribution in [3.8, 4) is 6.07 Å². The van der Waals surface area contributed by atoms with Crippen molar-refractivity contribution in [2.75, 3.05) is 5.75 Å². The van der Waals surface area contributed by atoms with Crippen LogP contribution in [0.2, 0.25) is 0 Å². The van der Waals surface area contributed by atoms with Crippen LogP contribution in [0.3, 0.4) is 0 Å². The normalized spacial score (nSPS) is 9.09. The summed E-state index contributed by atoms with van der Waals surface area (Å²) in [6, 6.07) is 9.82. The van der Waals surface area contributed by atoms with E-state index in [1.54, 1.807) is 0 Å². The van der Waals surface area contributed by atoms with Crippen LogP contribution in [0.4, 0.5) is 0 Å². The molecule has 0 spiro atoms. The third-order valence-corrected chi connectivity index (χ3v) is 2.32. The van der Waals surface area contributed by atoms with Crippen LogP contribution in [0.25, 0.3) is 0 Å². The van der Waals surface area contributed by atoms with Crippen molar-refractivity contribution in [1.29, 1.82) is 5.26 Å². The maximum absolute atomic E-state index is 8.51. The van der Waals surface area contributed by atoms with Gasteiger partial charge in [0.1, 0.15) is 5.75 Å². The van der Waals surface area contributed by atoms with E-state index in [4.69, 9.17) is 5.26 Å². The fourth-order valence-corrected chi connectivity index (χ4v) is 1.55. The average Bonchev–Trinajstić information content (AvgIpc) is 2.07. The monoisotopic (exact) mass is 164 g/mol. The van der Waals surface area contributed by atoms with E-state index >= 15 is 0 Å². The predicted molar refractivity (Wildman–Crippen MR) is 48.7 cm³/mol. The molecule has 0 unspecified atom stereocenters. The molecule has 0 saturated carbocycles. The lowest BCUT2D eigenvalue weighted by Gasteiger charge is -1.88.